The van der Waals surface area contributed by atoms with Crippen molar-refractivity contribution in [3.8, 4) is 0 Å². The van der Waals surface area contributed by atoms with Crippen LogP contribution in [0.25, 0.3) is 10.9 Å². The lowest BCUT2D eigenvalue weighted by Crippen LogP contribution is -2.48. The maximum atomic E-state index is 12.7. The van der Waals surface area contributed by atoms with Crippen LogP contribution in [-0.4, -0.2) is 68.5 Å². The van der Waals surface area contributed by atoms with Gasteiger partial charge in [-0.2, -0.15) is 0 Å². The average molecular weight is 425 g/mol. The molecule has 1 saturated heterocycles. The van der Waals surface area contributed by atoms with Gasteiger partial charge in [-0.15, -0.1) is 5.10 Å². The number of aromatic amines is 1. The monoisotopic (exact) mass is 424 g/mol. The van der Waals surface area contributed by atoms with E-state index in [1.807, 2.05) is 38.2 Å². The summed E-state index contributed by atoms with van der Waals surface area (Å²) in [4.78, 5) is 29.8. The smallest absolute Gasteiger partial charge is 0.276 e. The van der Waals surface area contributed by atoms with E-state index in [0.717, 1.165) is 16.5 Å². The van der Waals surface area contributed by atoms with Crippen LogP contribution in [0.4, 0.5) is 0 Å². The van der Waals surface area contributed by atoms with Gasteiger partial charge >= 0.3 is 0 Å². The first-order valence-corrected chi connectivity index (χ1v) is 10.7. The molecule has 1 aromatic carbocycles. The molecule has 0 saturated carbocycles. The fourth-order valence-electron chi connectivity index (χ4n) is 4.00. The number of morpholine rings is 1. The SMILES string of the molecule is C[C@@H]1CN(C(=O)c2cn(CCNC(=O)CCc3c[nH]c4ccccc34)nn2)C[C@H](C)O1. The van der Waals surface area contributed by atoms with Crippen LogP contribution in [-0.2, 0) is 22.5 Å². The van der Waals surface area contributed by atoms with E-state index in [9.17, 15) is 9.59 Å². The summed E-state index contributed by atoms with van der Waals surface area (Å²) in [5.74, 6) is -0.158. The number of hydrogen-bond acceptors (Lipinski definition) is 5. The van der Waals surface area contributed by atoms with E-state index in [0.29, 0.717) is 44.7 Å². The molecule has 0 spiro atoms. The minimum absolute atomic E-state index is 0.00205. The number of benzene rings is 1. The zero-order chi connectivity index (χ0) is 21.8. The Labute approximate surface area is 180 Å². The Morgan fingerprint density at radius 2 is 2.00 bits per heavy atom. The summed E-state index contributed by atoms with van der Waals surface area (Å²) in [7, 11) is 0. The van der Waals surface area contributed by atoms with E-state index in [1.54, 1.807) is 15.8 Å². The third-order valence-electron chi connectivity index (χ3n) is 5.42. The van der Waals surface area contributed by atoms with Gasteiger partial charge in [-0.3, -0.25) is 9.59 Å². The highest BCUT2D eigenvalue weighted by atomic mass is 16.5. The predicted octanol–water partition coefficient (Wildman–Crippen LogP) is 1.76. The van der Waals surface area contributed by atoms with E-state index < -0.39 is 0 Å². The van der Waals surface area contributed by atoms with E-state index in [4.69, 9.17) is 4.74 Å². The maximum Gasteiger partial charge on any atom is 0.276 e. The van der Waals surface area contributed by atoms with Gasteiger partial charge in [0.15, 0.2) is 5.69 Å². The number of amides is 2. The Balaban J connectivity index is 1.22. The fraction of sp³-hybridized carbons (Fsp3) is 0.455. The third kappa shape index (κ3) is 5.11. The van der Waals surface area contributed by atoms with Crippen LogP contribution in [0, 0.1) is 0 Å². The molecule has 2 aromatic heterocycles. The number of aromatic nitrogens is 4. The molecule has 0 radical (unpaired) electrons. The molecule has 3 aromatic rings. The number of hydrogen-bond donors (Lipinski definition) is 2. The number of para-hydroxylation sites is 1. The van der Waals surface area contributed by atoms with Crippen molar-refractivity contribution in [2.45, 2.75) is 45.4 Å². The predicted molar refractivity (Wildman–Crippen MR) is 116 cm³/mol. The van der Waals surface area contributed by atoms with Crippen molar-refractivity contribution < 1.29 is 14.3 Å². The van der Waals surface area contributed by atoms with Gasteiger partial charge in [0.05, 0.1) is 24.9 Å². The summed E-state index contributed by atoms with van der Waals surface area (Å²) in [6.45, 7) is 5.87. The second kappa shape index (κ2) is 9.30. The Morgan fingerprint density at radius 1 is 1.23 bits per heavy atom. The zero-order valence-corrected chi connectivity index (χ0v) is 17.9. The standard InChI is InChI=1S/C22H28N6O3/c1-15-12-27(13-16(2)31-15)22(30)20-14-28(26-25-20)10-9-23-21(29)8-7-17-11-24-19-6-4-3-5-18(17)19/h3-6,11,14-16,24H,7-10,12-13H2,1-2H3,(H,23,29)/t15-,16+. The first-order valence-electron chi connectivity index (χ1n) is 10.7. The Hall–Kier alpha value is -3.20. The first kappa shape index (κ1) is 21.0. The number of fused-ring (bicyclic) bond motifs is 1. The topological polar surface area (TPSA) is 105 Å². The number of nitrogens with one attached hydrogen (secondary N) is 2. The molecule has 9 heteroatoms. The molecule has 2 N–H and O–H groups in total. The van der Waals surface area contributed by atoms with E-state index in [1.165, 1.54) is 0 Å². The molecule has 4 rings (SSSR count). The molecule has 1 aliphatic rings. The van der Waals surface area contributed by atoms with Crippen molar-refractivity contribution >= 4 is 22.7 Å². The lowest BCUT2D eigenvalue weighted by molar-refractivity contribution is -0.121. The number of aryl methyl sites for hydroxylation is 1. The van der Waals surface area contributed by atoms with Gasteiger partial charge in [-0.1, -0.05) is 23.4 Å². The molecule has 1 fully saturated rings. The average Bonchev–Trinajstić information content (AvgIpc) is 3.38. The molecule has 164 valence electrons. The van der Waals surface area contributed by atoms with Crippen LogP contribution >= 0.6 is 0 Å². The Kier molecular flexibility index (Phi) is 6.31. The highest BCUT2D eigenvalue weighted by Crippen LogP contribution is 2.19. The van der Waals surface area contributed by atoms with Crippen LogP contribution in [0.1, 0.15) is 36.3 Å². The molecular formula is C22H28N6O3. The molecule has 3 heterocycles. The van der Waals surface area contributed by atoms with Gasteiger partial charge in [-0.25, -0.2) is 4.68 Å². The Bertz CT molecular complexity index is 1050. The van der Waals surface area contributed by atoms with Crippen LogP contribution in [0.3, 0.4) is 0 Å². The molecule has 9 nitrogen and oxygen atoms in total. The quantitative estimate of drug-likeness (QED) is 0.601. The molecule has 0 bridgehead atoms. The van der Waals surface area contributed by atoms with Gasteiger partial charge < -0.3 is 19.9 Å². The number of carbonyl (C=O) groups excluding carboxylic acids is 2. The van der Waals surface area contributed by atoms with Crippen molar-refractivity contribution in [1.82, 2.24) is 30.2 Å². The van der Waals surface area contributed by atoms with Gasteiger partial charge in [0.25, 0.3) is 5.91 Å². The normalized spacial score (nSPS) is 19.0. The second-order valence-corrected chi connectivity index (χ2v) is 8.04. The second-order valence-electron chi connectivity index (χ2n) is 8.04. The summed E-state index contributed by atoms with van der Waals surface area (Å²) >= 11 is 0. The van der Waals surface area contributed by atoms with Crippen molar-refractivity contribution in [2.24, 2.45) is 0 Å². The first-order chi connectivity index (χ1) is 15.0. The van der Waals surface area contributed by atoms with Gasteiger partial charge in [0.2, 0.25) is 5.91 Å². The van der Waals surface area contributed by atoms with Crippen molar-refractivity contribution in [3.63, 3.8) is 0 Å². The van der Waals surface area contributed by atoms with Crippen LogP contribution in [0.2, 0.25) is 0 Å². The van der Waals surface area contributed by atoms with Gasteiger partial charge in [0, 0.05) is 43.2 Å². The summed E-state index contributed by atoms with van der Waals surface area (Å²) in [5, 5.41) is 12.1. The fourth-order valence-corrected chi connectivity index (χ4v) is 4.00. The third-order valence-corrected chi connectivity index (χ3v) is 5.42. The molecule has 0 aliphatic carbocycles. The molecule has 31 heavy (non-hydrogen) atoms. The molecule has 2 amide bonds. The van der Waals surface area contributed by atoms with E-state index in [2.05, 4.69) is 26.7 Å². The maximum absolute atomic E-state index is 12.7. The van der Waals surface area contributed by atoms with Crippen LogP contribution in [0.15, 0.2) is 36.7 Å². The van der Waals surface area contributed by atoms with Crippen molar-refractivity contribution in [2.75, 3.05) is 19.6 Å². The lowest BCUT2D eigenvalue weighted by Gasteiger charge is -2.34. The van der Waals surface area contributed by atoms with E-state index in [-0.39, 0.29) is 24.0 Å². The minimum Gasteiger partial charge on any atom is -0.372 e. The molecular weight excluding hydrogens is 396 g/mol. The van der Waals surface area contributed by atoms with Crippen molar-refractivity contribution in [1.29, 1.82) is 0 Å². The summed E-state index contributed by atoms with van der Waals surface area (Å²) < 4.78 is 7.25. The summed E-state index contributed by atoms with van der Waals surface area (Å²) in [6.07, 6.45) is 4.68. The zero-order valence-electron chi connectivity index (χ0n) is 17.9. The summed E-state index contributed by atoms with van der Waals surface area (Å²) in [5.41, 5.74) is 2.53. The minimum atomic E-state index is -0.143. The largest absolute Gasteiger partial charge is 0.372 e. The van der Waals surface area contributed by atoms with Crippen LogP contribution < -0.4 is 5.32 Å². The molecule has 2 atom stereocenters. The van der Waals surface area contributed by atoms with Crippen LogP contribution in [0.5, 0.6) is 0 Å². The highest BCUT2D eigenvalue weighted by molar-refractivity contribution is 5.92. The number of H-pyrrole nitrogens is 1. The number of ether oxygens (including phenoxy) is 1. The summed E-state index contributed by atoms with van der Waals surface area (Å²) in [6, 6.07) is 8.06. The van der Waals surface area contributed by atoms with Gasteiger partial charge in [0.1, 0.15) is 0 Å². The van der Waals surface area contributed by atoms with Gasteiger partial charge in [-0.05, 0) is 31.9 Å². The van der Waals surface area contributed by atoms with E-state index >= 15 is 0 Å². The number of rotatable bonds is 7. The lowest BCUT2D eigenvalue weighted by atomic mass is 10.1. The van der Waals surface area contributed by atoms with Crippen molar-refractivity contribution in [3.05, 3.63) is 47.9 Å². The molecule has 1 aliphatic heterocycles. The number of carbonyl (C=O) groups is 2. The molecule has 0 unspecified atom stereocenters. The Morgan fingerprint density at radius 3 is 2.81 bits per heavy atom. The highest BCUT2D eigenvalue weighted by Gasteiger charge is 2.28. The number of nitrogens with zero attached hydrogens (tertiary/aromatic N) is 4.